The number of aromatic nitrogens is 2. The van der Waals surface area contributed by atoms with Crippen molar-refractivity contribution >= 4 is 53.3 Å². The van der Waals surface area contributed by atoms with Crippen molar-refractivity contribution in [1.29, 1.82) is 0 Å². The van der Waals surface area contributed by atoms with Gasteiger partial charge in [-0.2, -0.15) is 0 Å². The minimum absolute atomic E-state index is 0.956. The Balaban J connectivity index is 1.06. The molecule has 0 atom stereocenters. The van der Waals surface area contributed by atoms with Crippen LogP contribution in [0.3, 0.4) is 0 Å². The molecule has 0 aliphatic carbocycles. The summed E-state index contributed by atoms with van der Waals surface area (Å²) in [6.45, 7) is 2.20. The predicted molar refractivity (Wildman–Crippen MR) is 218 cm³/mol. The molecule has 10 aromatic rings. The third kappa shape index (κ3) is 4.89. The third-order valence-corrected chi connectivity index (χ3v) is 11.5. The molecule has 0 spiro atoms. The Kier molecular flexibility index (Phi) is 6.93. The fourth-order valence-corrected chi connectivity index (χ4v) is 9.00. The van der Waals surface area contributed by atoms with Gasteiger partial charge in [-0.25, -0.2) is 4.98 Å². The molecule has 0 saturated heterocycles. The Labute approximate surface area is 300 Å². The van der Waals surface area contributed by atoms with Gasteiger partial charge in [0.05, 0.1) is 11.0 Å². The first-order chi connectivity index (χ1) is 25.2. The summed E-state index contributed by atoms with van der Waals surface area (Å²) in [4.78, 5) is 5.02. The van der Waals surface area contributed by atoms with E-state index in [1.807, 2.05) is 17.5 Å². The number of thiophene rings is 1. The van der Waals surface area contributed by atoms with Crippen molar-refractivity contribution in [3.05, 3.63) is 182 Å². The molecule has 0 unspecified atom stereocenters. The Morgan fingerprint density at radius 2 is 1.06 bits per heavy atom. The van der Waals surface area contributed by atoms with Crippen LogP contribution in [0.1, 0.15) is 5.56 Å². The largest absolute Gasteiger partial charge is 0.294 e. The fraction of sp³-hybridized carbons (Fsp3) is 0.0208. The number of pyridine rings is 1. The predicted octanol–water partition coefficient (Wildman–Crippen LogP) is 13.5. The van der Waals surface area contributed by atoms with E-state index in [1.54, 1.807) is 0 Å². The lowest BCUT2D eigenvalue weighted by Gasteiger charge is -2.14. The Morgan fingerprint density at radius 3 is 1.90 bits per heavy atom. The van der Waals surface area contributed by atoms with Crippen LogP contribution in [0.2, 0.25) is 0 Å². The molecule has 0 N–H and O–H groups in total. The average molecular weight is 669 g/mol. The summed E-state index contributed by atoms with van der Waals surface area (Å²) in [7, 11) is 0. The van der Waals surface area contributed by atoms with Crippen LogP contribution in [0.4, 0.5) is 0 Å². The van der Waals surface area contributed by atoms with Crippen molar-refractivity contribution in [2.24, 2.45) is 0 Å². The second-order valence-electron chi connectivity index (χ2n) is 13.2. The van der Waals surface area contributed by atoms with E-state index in [2.05, 4.69) is 181 Å². The Morgan fingerprint density at radius 1 is 0.431 bits per heavy atom. The molecule has 10 rings (SSSR count). The van der Waals surface area contributed by atoms with E-state index in [9.17, 15) is 0 Å². The molecule has 0 amide bonds. The van der Waals surface area contributed by atoms with Crippen LogP contribution < -0.4 is 0 Å². The van der Waals surface area contributed by atoms with E-state index in [1.165, 1.54) is 75.5 Å². The maximum Gasteiger partial charge on any atom is 0.141 e. The van der Waals surface area contributed by atoms with E-state index in [4.69, 9.17) is 4.98 Å². The van der Waals surface area contributed by atoms with Crippen LogP contribution in [-0.4, -0.2) is 9.55 Å². The first-order valence-electron chi connectivity index (χ1n) is 17.4. The van der Waals surface area contributed by atoms with E-state index >= 15 is 0 Å². The highest BCUT2D eigenvalue weighted by molar-refractivity contribution is 7.26. The number of rotatable bonds is 5. The van der Waals surface area contributed by atoms with Crippen molar-refractivity contribution in [3.63, 3.8) is 0 Å². The van der Waals surface area contributed by atoms with E-state index in [-0.39, 0.29) is 0 Å². The van der Waals surface area contributed by atoms with Crippen LogP contribution in [0.5, 0.6) is 0 Å². The first kappa shape index (κ1) is 29.6. The molecule has 51 heavy (non-hydrogen) atoms. The molecule has 0 saturated carbocycles. The SMILES string of the molecule is Cc1c(-c2ccc(-c3cccc(-c4ccccc4)c3)cc2)ccnc1-n1c2ccccc2c2cc(-c3cccc4c3sc3ccccc34)ccc21. The lowest BCUT2D eigenvalue weighted by atomic mass is 9.96. The van der Waals surface area contributed by atoms with E-state index in [0.29, 0.717) is 0 Å². The molecule has 7 aromatic carbocycles. The number of nitrogens with zero attached hydrogens (tertiary/aromatic N) is 2. The normalized spacial score (nSPS) is 11.6. The molecular weight excluding hydrogens is 637 g/mol. The van der Waals surface area contributed by atoms with Crippen LogP contribution >= 0.6 is 11.3 Å². The van der Waals surface area contributed by atoms with Gasteiger partial charge in [0.1, 0.15) is 5.82 Å². The summed E-state index contributed by atoms with van der Waals surface area (Å²) >= 11 is 1.88. The van der Waals surface area contributed by atoms with Crippen molar-refractivity contribution in [2.45, 2.75) is 6.92 Å². The molecule has 0 aliphatic heterocycles. The minimum atomic E-state index is 0.956. The number of hydrogen-bond acceptors (Lipinski definition) is 2. The molecule has 2 nitrogen and oxygen atoms in total. The first-order valence-corrected chi connectivity index (χ1v) is 18.2. The van der Waals surface area contributed by atoms with Crippen LogP contribution in [0, 0.1) is 6.92 Å². The summed E-state index contributed by atoms with van der Waals surface area (Å²) in [5.74, 6) is 0.956. The van der Waals surface area contributed by atoms with Gasteiger partial charge in [-0.3, -0.25) is 4.57 Å². The van der Waals surface area contributed by atoms with Gasteiger partial charge in [-0.1, -0.05) is 133 Å². The summed E-state index contributed by atoms with van der Waals surface area (Å²) < 4.78 is 5.00. The summed E-state index contributed by atoms with van der Waals surface area (Å²) in [6.07, 6.45) is 1.95. The molecule has 3 aromatic heterocycles. The third-order valence-electron chi connectivity index (χ3n) is 10.3. The van der Waals surface area contributed by atoms with Gasteiger partial charge >= 0.3 is 0 Å². The van der Waals surface area contributed by atoms with Crippen molar-refractivity contribution < 1.29 is 0 Å². The van der Waals surface area contributed by atoms with Gasteiger partial charge < -0.3 is 0 Å². The smallest absolute Gasteiger partial charge is 0.141 e. The van der Waals surface area contributed by atoms with Gasteiger partial charge in [0.15, 0.2) is 0 Å². The van der Waals surface area contributed by atoms with Crippen molar-refractivity contribution in [1.82, 2.24) is 9.55 Å². The monoisotopic (exact) mass is 668 g/mol. The number of para-hydroxylation sites is 1. The summed E-state index contributed by atoms with van der Waals surface area (Å²) in [6, 6.07) is 61.5. The molecule has 0 fully saturated rings. The average Bonchev–Trinajstić information content (AvgIpc) is 3.74. The van der Waals surface area contributed by atoms with Gasteiger partial charge in [-0.05, 0) is 87.8 Å². The highest BCUT2D eigenvalue weighted by atomic mass is 32.1. The topological polar surface area (TPSA) is 17.8 Å². The molecule has 240 valence electrons. The quantitative estimate of drug-likeness (QED) is 0.178. The van der Waals surface area contributed by atoms with Crippen LogP contribution in [0.15, 0.2) is 176 Å². The number of benzene rings is 7. The lowest BCUT2D eigenvalue weighted by Crippen LogP contribution is -2.01. The highest BCUT2D eigenvalue weighted by Gasteiger charge is 2.18. The zero-order valence-corrected chi connectivity index (χ0v) is 28.9. The zero-order valence-electron chi connectivity index (χ0n) is 28.0. The summed E-state index contributed by atoms with van der Waals surface area (Å²) in [5.41, 5.74) is 13.2. The lowest BCUT2D eigenvalue weighted by molar-refractivity contribution is 1.05. The maximum atomic E-state index is 5.02. The molecule has 3 heterocycles. The second kappa shape index (κ2) is 11.9. The number of fused-ring (bicyclic) bond motifs is 6. The summed E-state index contributed by atoms with van der Waals surface area (Å²) in [5, 5.41) is 5.10. The van der Waals surface area contributed by atoms with Crippen molar-refractivity contribution in [2.75, 3.05) is 0 Å². The number of hydrogen-bond donors (Lipinski definition) is 0. The fourth-order valence-electron chi connectivity index (χ4n) is 7.76. The van der Waals surface area contributed by atoms with Gasteiger partial charge in [0.25, 0.3) is 0 Å². The van der Waals surface area contributed by atoms with Gasteiger partial charge in [-0.15, -0.1) is 11.3 Å². The Hall–Kier alpha value is -6.29. The van der Waals surface area contributed by atoms with Crippen molar-refractivity contribution in [3.8, 4) is 50.3 Å². The molecule has 0 bridgehead atoms. The highest BCUT2D eigenvalue weighted by Crippen LogP contribution is 2.42. The van der Waals surface area contributed by atoms with Crippen LogP contribution in [-0.2, 0) is 0 Å². The second-order valence-corrected chi connectivity index (χ2v) is 14.2. The van der Waals surface area contributed by atoms with E-state index in [0.717, 1.165) is 22.4 Å². The molecule has 0 aliphatic rings. The molecular formula is C48H32N2S. The zero-order chi connectivity index (χ0) is 33.9. The van der Waals surface area contributed by atoms with E-state index < -0.39 is 0 Å². The minimum Gasteiger partial charge on any atom is -0.294 e. The Bertz CT molecular complexity index is 2910. The standard InChI is InChI=1S/C48H32N2S/c1-31-38(34-23-21-33(22-24-34)36-14-9-13-35(29-36)32-11-3-2-4-12-32)27-28-49-48(31)50-44-19-7-5-15-40(44)43-30-37(25-26-45(43)50)39-17-10-18-42-41-16-6-8-20-46(41)51-47(39)42/h2-30H,1H3. The van der Waals surface area contributed by atoms with Crippen LogP contribution in [0.25, 0.3) is 92.3 Å². The molecule has 3 heteroatoms. The van der Waals surface area contributed by atoms with Gasteiger partial charge in [0.2, 0.25) is 0 Å². The molecule has 0 radical (unpaired) electrons. The van der Waals surface area contributed by atoms with Gasteiger partial charge in [0, 0.05) is 42.7 Å². The maximum absolute atomic E-state index is 5.02.